The molecule has 0 radical (unpaired) electrons. The fraction of sp³-hybridized carbons (Fsp3) is 0.250. The highest BCUT2D eigenvalue weighted by Crippen LogP contribution is 2.21. The van der Waals surface area contributed by atoms with Gasteiger partial charge in [-0.25, -0.2) is 14.8 Å². The molecule has 0 aliphatic heterocycles. The summed E-state index contributed by atoms with van der Waals surface area (Å²) >= 11 is 0. The van der Waals surface area contributed by atoms with Gasteiger partial charge in [0, 0.05) is 23.2 Å². The molecule has 5 heteroatoms. The molecule has 2 aromatic heterocycles. The first kappa shape index (κ1) is 11.3. The fourth-order valence-corrected chi connectivity index (χ4v) is 1.80. The van der Waals surface area contributed by atoms with Crippen molar-refractivity contribution in [2.24, 2.45) is 0 Å². The van der Waals surface area contributed by atoms with Gasteiger partial charge in [0.25, 0.3) is 0 Å². The number of aromatic amines is 1. The monoisotopic (exact) mass is 231 g/mol. The Hall–Kier alpha value is -2.17. The third-order valence-electron chi connectivity index (χ3n) is 2.49. The molecule has 2 rings (SSSR count). The molecular formula is C12H13N3O2. The van der Waals surface area contributed by atoms with Crippen LogP contribution < -0.4 is 0 Å². The number of hydrogen-bond donors (Lipinski definition) is 2. The zero-order chi connectivity index (χ0) is 12.4. The number of nitrogens with one attached hydrogen (secondary N) is 1. The van der Waals surface area contributed by atoms with Gasteiger partial charge in [-0.1, -0.05) is 6.92 Å². The van der Waals surface area contributed by atoms with Crippen molar-refractivity contribution >= 4 is 23.1 Å². The highest BCUT2D eigenvalue weighted by Gasteiger charge is 2.09. The Kier molecular flexibility index (Phi) is 2.91. The van der Waals surface area contributed by atoms with Gasteiger partial charge in [-0.3, -0.25) is 0 Å². The summed E-state index contributed by atoms with van der Waals surface area (Å²) < 4.78 is 0. The summed E-state index contributed by atoms with van der Waals surface area (Å²) in [6, 6.07) is 0. The second-order valence-corrected chi connectivity index (χ2v) is 3.71. The molecule has 0 spiro atoms. The number of carbonyl (C=O) groups is 1. The fourth-order valence-electron chi connectivity index (χ4n) is 1.80. The number of fused-ring (bicyclic) bond motifs is 1. The molecule has 0 unspecified atom stereocenters. The van der Waals surface area contributed by atoms with Crippen molar-refractivity contribution in [3.8, 4) is 0 Å². The Bertz CT molecular complexity index is 599. The molecule has 2 aromatic rings. The normalized spacial score (nSPS) is 11.4. The first-order chi connectivity index (χ1) is 8.11. The van der Waals surface area contributed by atoms with Crippen LogP contribution in [0.5, 0.6) is 0 Å². The number of aryl methyl sites for hydroxylation is 2. The highest BCUT2D eigenvalue weighted by atomic mass is 16.4. The van der Waals surface area contributed by atoms with Crippen LogP contribution >= 0.6 is 0 Å². The zero-order valence-electron chi connectivity index (χ0n) is 9.69. The maximum absolute atomic E-state index is 10.5. The lowest BCUT2D eigenvalue weighted by molar-refractivity contribution is -0.131. The Balaban J connectivity index is 2.62. The van der Waals surface area contributed by atoms with Crippen LogP contribution in [0.2, 0.25) is 0 Å². The number of rotatable bonds is 3. The number of H-pyrrole nitrogens is 1. The number of carboxylic acids is 1. The van der Waals surface area contributed by atoms with E-state index in [0.29, 0.717) is 5.82 Å². The largest absolute Gasteiger partial charge is 0.478 e. The first-order valence-corrected chi connectivity index (χ1v) is 5.37. The van der Waals surface area contributed by atoms with E-state index >= 15 is 0 Å². The van der Waals surface area contributed by atoms with Gasteiger partial charge in [-0.2, -0.15) is 0 Å². The van der Waals surface area contributed by atoms with Crippen LogP contribution in [0.15, 0.2) is 12.3 Å². The van der Waals surface area contributed by atoms with Crippen LogP contribution in [-0.2, 0) is 11.2 Å². The van der Waals surface area contributed by atoms with Crippen molar-refractivity contribution in [2.75, 3.05) is 0 Å². The Morgan fingerprint density at radius 2 is 2.29 bits per heavy atom. The van der Waals surface area contributed by atoms with E-state index in [-0.39, 0.29) is 0 Å². The van der Waals surface area contributed by atoms with Crippen LogP contribution in [0.1, 0.15) is 24.0 Å². The number of nitrogens with zero attached hydrogens (tertiary/aromatic N) is 2. The van der Waals surface area contributed by atoms with Crippen molar-refractivity contribution in [3.63, 3.8) is 0 Å². The lowest BCUT2D eigenvalue weighted by Crippen LogP contribution is -1.95. The summed E-state index contributed by atoms with van der Waals surface area (Å²) in [6.45, 7) is 3.85. The molecule has 0 fully saturated rings. The maximum atomic E-state index is 10.5. The van der Waals surface area contributed by atoms with E-state index < -0.39 is 5.97 Å². The average molecular weight is 231 g/mol. The summed E-state index contributed by atoms with van der Waals surface area (Å²) in [5, 5.41) is 9.53. The van der Waals surface area contributed by atoms with Crippen LogP contribution in [0, 0.1) is 6.92 Å². The molecule has 0 aliphatic carbocycles. The molecule has 5 nitrogen and oxygen atoms in total. The molecule has 2 heterocycles. The molecule has 0 aromatic carbocycles. The van der Waals surface area contributed by atoms with Gasteiger partial charge < -0.3 is 10.1 Å². The molecule has 88 valence electrons. The summed E-state index contributed by atoms with van der Waals surface area (Å²) in [4.78, 5) is 22.2. The van der Waals surface area contributed by atoms with Gasteiger partial charge in [0.2, 0.25) is 0 Å². The SMILES string of the molecule is CCc1nc(C)nc2[nH]cc(/C=C/C(=O)O)c12. The van der Waals surface area contributed by atoms with E-state index in [2.05, 4.69) is 15.0 Å². The minimum absolute atomic E-state index is 0.713. The molecule has 17 heavy (non-hydrogen) atoms. The quantitative estimate of drug-likeness (QED) is 0.791. The van der Waals surface area contributed by atoms with Gasteiger partial charge in [0.1, 0.15) is 11.5 Å². The number of aliphatic carboxylic acids is 1. The van der Waals surface area contributed by atoms with Crippen LogP contribution in [0.4, 0.5) is 0 Å². The lowest BCUT2D eigenvalue weighted by Gasteiger charge is -2.01. The van der Waals surface area contributed by atoms with Crippen LogP contribution in [-0.4, -0.2) is 26.0 Å². The molecule has 0 saturated heterocycles. The first-order valence-electron chi connectivity index (χ1n) is 5.37. The van der Waals surface area contributed by atoms with E-state index in [4.69, 9.17) is 5.11 Å². The van der Waals surface area contributed by atoms with E-state index in [9.17, 15) is 4.79 Å². The highest BCUT2D eigenvalue weighted by molar-refractivity contribution is 5.93. The van der Waals surface area contributed by atoms with E-state index in [1.165, 1.54) is 0 Å². The Morgan fingerprint density at radius 1 is 1.53 bits per heavy atom. The molecule has 0 atom stereocenters. The summed E-state index contributed by atoms with van der Waals surface area (Å²) in [6.07, 6.45) is 5.20. The van der Waals surface area contributed by atoms with Crippen molar-refractivity contribution < 1.29 is 9.90 Å². The second-order valence-electron chi connectivity index (χ2n) is 3.71. The third-order valence-corrected chi connectivity index (χ3v) is 2.49. The topological polar surface area (TPSA) is 78.9 Å². The van der Waals surface area contributed by atoms with E-state index in [1.807, 2.05) is 13.8 Å². The van der Waals surface area contributed by atoms with Crippen LogP contribution in [0.25, 0.3) is 17.1 Å². The third kappa shape index (κ3) is 2.18. The van der Waals surface area contributed by atoms with Gasteiger partial charge >= 0.3 is 5.97 Å². The van der Waals surface area contributed by atoms with Gasteiger partial charge in [0.15, 0.2) is 0 Å². The summed E-state index contributed by atoms with van der Waals surface area (Å²) in [7, 11) is 0. The number of carboxylic acid groups (broad SMARTS) is 1. The smallest absolute Gasteiger partial charge is 0.328 e. The minimum Gasteiger partial charge on any atom is -0.478 e. The number of aromatic nitrogens is 3. The molecule has 0 amide bonds. The van der Waals surface area contributed by atoms with Crippen molar-refractivity contribution in [1.29, 1.82) is 0 Å². The zero-order valence-corrected chi connectivity index (χ0v) is 9.69. The molecular weight excluding hydrogens is 218 g/mol. The molecule has 0 saturated carbocycles. The lowest BCUT2D eigenvalue weighted by atomic mass is 10.1. The summed E-state index contributed by atoms with van der Waals surface area (Å²) in [5.74, 6) is -0.254. The minimum atomic E-state index is -0.967. The predicted molar refractivity (Wildman–Crippen MR) is 64.7 cm³/mol. The summed E-state index contributed by atoms with van der Waals surface area (Å²) in [5.41, 5.74) is 2.48. The van der Waals surface area contributed by atoms with E-state index in [0.717, 1.165) is 34.8 Å². The average Bonchev–Trinajstić information content (AvgIpc) is 2.68. The molecule has 0 bridgehead atoms. The Labute approximate surface area is 98.2 Å². The molecule has 0 aliphatic rings. The predicted octanol–water partition coefficient (Wildman–Crippen LogP) is 1.93. The molecule has 2 N–H and O–H groups in total. The standard InChI is InChI=1S/C12H13N3O2/c1-3-9-11-8(4-5-10(16)17)6-13-12(11)15-7(2)14-9/h4-6H,3H2,1-2H3,(H,16,17)(H,13,14,15)/b5-4+. The maximum Gasteiger partial charge on any atom is 0.328 e. The van der Waals surface area contributed by atoms with Crippen molar-refractivity contribution in [3.05, 3.63) is 29.4 Å². The van der Waals surface area contributed by atoms with Crippen molar-refractivity contribution in [1.82, 2.24) is 15.0 Å². The second kappa shape index (κ2) is 4.37. The Morgan fingerprint density at radius 3 is 2.94 bits per heavy atom. The number of hydrogen-bond acceptors (Lipinski definition) is 3. The van der Waals surface area contributed by atoms with Gasteiger partial charge in [-0.05, 0) is 19.4 Å². The van der Waals surface area contributed by atoms with E-state index in [1.54, 1.807) is 12.3 Å². The van der Waals surface area contributed by atoms with Crippen LogP contribution in [0.3, 0.4) is 0 Å². The van der Waals surface area contributed by atoms with Crippen molar-refractivity contribution in [2.45, 2.75) is 20.3 Å². The van der Waals surface area contributed by atoms with Gasteiger partial charge in [0.05, 0.1) is 5.69 Å². The van der Waals surface area contributed by atoms with Gasteiger partial charge in [-0.15, -0.1) is 0 Å².